The van der Waals surface area contributed by atoms with Gasteiger partial charge < -0.3 is 5.73 Å². The lowest BCUT2D eigenvalue weighted by Gasteiger charge is -2.23. The van der Waals surface area contributed by atoms with Crippen LogP contribution in [0.15, 0.2) is 12.1 Å². The highest BCUT2D eigenvalue weighted by atomic mass is 14.9. The Kier molecular flexibility index (Phi) is 3.55. The van der Waals surface area contributed by atoms with Crippen molar-refractivity contribution in [2.75, 3.05) is 0 Å². The minimum atomic E-state index is 0.0769. The van der Waals surface area contributed by atoms with Gasteiger partial charge in [-0.15, -0.1) is 0 Å². The van der Waals surface area contributed by atoms with Crippen molar-refractivity contribution in [1.29, 1.82) is 0 Å². The molecule has 106 valence electrons. The molecule has 1 saturated carbocycles. The molecule has 0 radical (unpaired) electrons. The van der Waals surface area contributed by atoms with Crippen LogP contribution < -0.4 is 5.73 Å². The molecule has 2 atom stereocenters. The maximum absolute atomic E-state index is 6.49. The number of aryl methyl sites for hydroxylation is 2. The number of hydrogen-bond acceptors (Lipinski definition) is 1. The average molecular weight is 259 g/mol. The number of nitrogens with two attached hydrogens (primary N) is 1. The fourth-order valence-corrected chi connectivity index (χ4v) is 3.20. The summed E-state index contributed by atoms with van der Waals surface area (Å²) in [5.74, 6) is 0.730. The Morgan fingerprint density at radius 3 is 2.11 bits per heavy atom. The van der Waals surface area contributed by atoms with Gasteiger partial charge in [0.15, 0.2) is 0 Å². The monoisotopic (exact) mass is 259 g/mol. The highest BCUT2D eigenvalue weighted by Crippen LogP contribution is 2.46. The van der Waals surface area contributed by atoms with Gasteiger partial charge in [0.1, 0.15) is 0 Å². The molecule has 2 rings (SSSR count). The van der Waals surface area contributed by atoms with Gasteiger partial charge in [-0.25, -0.2) is 0 Å². The van der Waals surface area contributed by atoms with Crippen molar-refractivity contribution in [3.8, 4) is 0 Å². The summed E-state index contributed by atoms with van der Waals surface area (Å²) in [5.41, 5.74) is 12.5. The largest absolute Gasteiger partial charge is 0.325 e. The second-order valence-electron chi connectivity index (χ2n) is 7.56. The highest BCUT2D eigenvalue weighted by molar-refractivity contribution is 5.42. The molecular formula is C18H29N. The molecule has 0 heterocycles. The number of rotatable bonds is 3. The molecule has 1 aromatic rings. The maximum atomic E-state index is 6.49. The summed E-state index contributed by atoms with van der Waals surface area (Å²) in [6.07, 6.45) is 3.46. The van der Waals surface area contributed by atoms with Crippen LogP contribution in [0.4, 0.5) is 0 Å². The summed E-state index contributed by atoms with van der Waals surface area (Å²) in [7, 11) is 0. The molecule has 1 heteroatoms. The summed E-state index contributed by atoms with van der Waals surface area (Å²) < 4.78 is 0. The molecule has 0 spiro atoms. The van der Waals surface area contributed by atoms with Crippen molar-refractivity contribution in [3.63, 3.8) is 0 Å². The van der Waals surface area contributed by atoms with Gasteiger partial charge in [0.05, 0.1) is 0 Å². The van der Waals surface area contributed by atoms with Crippen LogP contribution in [-0.2, 0) is 11.8 Å². The van der Waals surface area contributed by atoms with Crippen LogP contribution in [0.2, 0.25) is 0 Å². The van der Waals surface area contributed by atoms with Crippen molar-refractivity contribution < 1.29 is 0 Å². The lowest BCUT2D eigenvalue weighted by molar-refractivity contribution is 0.572. The summed E-state index contributed by atoms with van der Waals surface area (Å²) >= 11 is 0. The molecule has 1 nitrogen and oxygen atoms in total. The predicted molar refractivity (Wildman–Crippen MR) is 83.6 cm³/mol. The number of benzene rings is 1. The summed E-state index contributed by atoms with van der Waals surface area (Å²) in [6.45, 7) is 13.6. The van der Waals surface area contributed by atoms with E-state index in [1.807, 2.05) is 0 Å². The van der Waals surface area contributed by atoms with E-state index in [-0.39, 0.29) is 11.0 Å². The van der Waals surface area contributed by atoms with E-state index in [4.69, 9.17) is 5.73 Å². The maximum Gasteiger partial charge on any atom is 0.0227 e. The summed E-state index contributed by atoms with van der Waals surface area (Å²) in [6, 6.07) is 4.71. The molecule has 0 saturated heterocycles. The first-order chi connectivity index (χ1) is 8.67. The van der Waals surface area contributed by atoms with Gasteiger partial charge >= 0.3 is 0 Å². The highest BCUT2D eigenvalue weighted by Gasteiger charge is 2.49. The van der Waals surface area contributed by atoms with Gasteiger partial charge in [0.2, 0.25) is 0 Å². The minimum absolute atomic E-state index is 0.0769. The fraction of sp³-hybridized carbons (Fsp3) is 0.667. The van der Waals surface area contributed by atoms with Gasteiger partial charge in [0, 0.05) is 5.54 Å². The third-order valence-electron chi connectivity index (χ3n) is 4.84. The average Bonchev–Trinajstić information content (AvgIpc) is 2.94. The van der Waals surface area contributed by atoms with E-state index in [0.29, 0.717) is 0 Å². The molecule has 0 bridgehead atoms. The lowest BCUT2D eigenvalue weighted by Crippen LogP contribution is -2.28. The van der Waals surface area contributed by atoms with Crippen LogP contribution in [-0.4, -0.2) is 5.54 Å². The van der Waals surface area contributed by atoms with Crippen LogP contribution in [0.3, 0.4) is 0 Å². The van der Waals surface area contributed by atoms with E-state index in [9.17, 15) is 0 Å². The van der Waals surface area contributed by atoms with Crippen LogP contribution in [0.25, 0.3) is 0 Å². The van der Waals surface area contributed by atoms with E-state index in [1.165, 1.54) is 35.1 Å². The van der Waals surface area contributed by atoms with Crippen molar-refractivity contribution in [2.24, 2.45) is 11.7 Å². The van der Waals surface area contributed by atoms with Gasteiger partial charge in [-0.3, -0.25) is 0 Å². The van der Waals surface area contributed by atoms with Crippen LogP contribution in [0, 0.1) is 19.8 Å². The first kappa shape index (κ1) is 14.6. The van der Waals surface area contributed by atoms with Crippen LogP contribution >= 0.6 is 0 Å². The molecule has 2 N–H and O–H groups in total. The quantitative estimate of drug-likeness (QED) is 0.862. The molecule has 1 fully saturated rings. The van der Waals surface area contributed by atoms with Crippen molar-refractivity contribution >= 4 is 0 Å². The zero-order chi connectivity index (χ0) is 14.4. The van der Waals surface area contributed by atoms with Crippen LogP contribution in [0.5, 0.6) is 0 Å². The number of hydrogen-bond donors (Lipinski definition) is 1. The summed E-state index contributed by atoms with van der Waals surface area (Å²) in [5, 5.41) is 0. The minimum Gasteiger partial charge on any atom is -0.325 e. The molecule has 0 amide bonds. The van der Waals surface area contributed by atoms with Gasteiger partial charge in [-0.05, 0) is 60.3 Å². The van der Waals surface area contributed by atoms with E-state index >= 15 is 0 Å². The molecular weight excluding hydrogens is 230 g/mol. The molecule has 2 unspecified atom stereocenters. The van der Waals surface area contributed by atoms with Crippen LogP contribution in [0.1, 0.15) is 62.8 Å². The zero-order valence-electron chi connectivity index (χ0n) is 13.4. The first-order valence-electron chi connectivity index (χ1n) is 7.57. The Morgan fingerprint density at radius 1 is 1.21 bits per heavy atom. The Bertz CT molecular complexity index is 458. The second kappa shape index (κ2) is 4.63. The van der Waals surface area contributed by atoms with Gasteiger partial charge in [-0.1, -0.05) is 46.2 Å². The van der Waals surface area contributed by atoms with Crippen molar-refractivity contribution in [2.45, 2.75) is 71.8 Å². The third kappa shape index (κ3) is 2.86. The zero-order valence-corrected chi connectivity index (χ0v) is 13.4. The van der Waals surface area contributed by atoms with Gasteiger partial charge in [-0.2, -0.15) is 0 Å². The topological polar surface area (TPSA) is 26.0 Å². The van der Waals surface area contributed by atoms with E-state index in [2.05, 4.69) is 53.7 Å². The third-order valence-corrected chi connectivity index (χ3v) is 4.84. The Morgan fingerprint density at radius 2 is 1.74 bits per heavy atom. The first-order valence-corrected chi connectivity index (χ1v) is 7.57. The normalized spacial score (nSPS) is 26.6. The molecule has 19 heavy (non-hydrogen) atoms. The van der Waals surface area contributed by atoms with Crippen molar-refractivity contribution in [3.05, 3.63) is 34.4 Å². The van der Waals surface area contributed by atoms with E-state index < -0.39 is 0 Å². The van der Waals surface area contributed by atoms with E-state index in [0.717, 1.165) is 12.3 Å². The summed E-state index contributed by atoms with van der Waals surface area (Å²) in [4.78, 5) is 0. The van der Waals surface area contributed by atoms with Crippen molar-refractivity contribution in [1.82, 2.24) is 0 Å². The SMILES string of the molecule is CCC1CC1(N)Cc1c(C)cc(C(C)(C)C)cc1C. The Labute approximate surface area is 118 Å². The Balaban J connectivity index is 2.28. The predicted octanol–water partition coefficient (Wildman–Crippen LogP) is 4.27. The standard InChI is InChI=1S/C18H29N/c1-7-14-10-18(14,19)11-16-12(2)8-15(9-13(16)3)17(4,5)6/h8-9,14H,7,10-11,19H2,1-6H3. The fourth-order valence-electron chi connectivity index (χ4n) is 3.20. The van der Waals surface area contributed by atoms with E-state index in [1.54, 1.807) is 0 Å². The smallest absolute Gasteiger partial charge is 0.0227 e. The second-order valence-corrected chi connectivity index (χ2v) is 7.56. The molecule has 1 aromatic carbocycles. The molecule has 1 aliphatic carbocycles. The van der Waals surface area contributed by atoms with Gasteiger partial charge in [0.25, 0.3) is 0 Å². The lowest BCUT2D eigenvalue weighted by atomic mass is 9.82. The molecule has 0 aliphatic heterocycles. The molecule has 0 aromatic heterocycles. The molecule has 1 aliphatic rings. The Hall–Kier alpha value is -0.820.